The van der Waals surface area contributed by atoms with Crippen molar-refractivity contribution < 1.29 is 18.3 Å². The smallest absolute Gasteiger partial charge is 0.340 e. The number of methoxy groups -OCH3 is 1. The van der Waals surface area contributed by atoms with Gasteiger partial charge in [0.05, 0.1) is 24.1 Å². The molecule has 0 atom stereocenters. The summed E-state index contributed by atoms with van der Waals surface area (Å²) < 4.78 is 31.6. The van der Waals surface area contributed by atoms with Gasteiger partial charge in [-0.15, -0.1) is 18.2 Å². The number of terminal acetylenes is 1. The first-order chi connectivity index (χ1) is 9.11. The standard InChI is InChI=1S/C13H13F2NO2S/c1-3-7-19-8-6-16-10-5-4-9(13(17)18-2)11(14)12(10)15/h1,4-5,16H,6-8H2,2H3. The Morgan fingerprint density at radius 1 is 1.47 bits per heavy atom. The van der Waals surface area contributed by atoms with E-state index in [-0.39, 0.29) is 5.69 Å². The Bertz CT molecular complexity index is 500. The van der Waals surface area contributed by atoms with Crippen LogP contribution >= 0.6 is 11.8 Å². The Morgan fingerprint density at radius 3 is 2.84 bits per heavy atom. The molecule has 0 bridgehead atoms. The normalized spacial score (nSPS) is 9.79. The molecule has 0 heterocycles. The van der Waals surface area contributed by atoms with Gasteiger partial charge in [-0.25, -0.2) is 13.6 Å². The van der Waals surface area contributed by atoms with Crippen LogP contribution in [0.2, 0.25) is 0 Å². The summed E-state index contributed by atoms with van der Waals surface area (Å²) in [6, 6.07) is 2.48. The van der Waals surface area contributed by atoms with E-state index in [1.54, 1.807) is 0 Å². The maximum atomic E-state index is 13.6. The van der Waals surface area contributed by atoms with Crippen molar-refractivity contribution in [2.24, 2.45) is 0 Å². The van der Waals surface area contributed by atoms with Gasteiger partial charge in [0.15, 0.2) is 11.6 Å². The predicted molar refractivity (Wildman–Crippen MR) is 72.3 cm³/mol. The fraction of sp³-hybridized carbons (Fsp3) is 0.308. The Hall–Kier alpha value is -1.74. The Labute approximate surface area is 114 Å². The van der Waals surface area contributed by atoms with Gasteiger partial charge < -0.3 is 10.1 Å². The molecule has 0 unspecified atom stereocenters. The second-order valence-corrected chi connectivity index (χ2v) is 4.57. The molecule has 0 aliphatic rings. The molecule has 1 N–H and O–H groups in total. The molecule has 102 valence electrons. The second kappa shape index (κ2) is 7.64. The summed E-state index contributed by atoms with van der Waals surface area (Å²) in [5, 5.41) is 2.74. The number of nitrogens with one attached hydrogen (secondary N) is 1. The topological polar surface area (TPSA) is 38.3 Å². The number of esters is 1. The minimum Gasteiger partial charge on any atom is -0.465 e. The van der Waals surface area contributed by atoms with E-state index in [1.165, 1.54) is 23.9 Å². The van der Waals surface area contributed by atoms with Gasteiger partial charge >= 0.3 is 5.97 Å². The van der Waals surface area contributed by atoms with Crippen LogP contribution in [0.15, 0.2) is 12.1 Å². The molecule has 0 fully saturated rings. The zero-order chi connectivity index (χ0) is 14.3. The average Bonchev–Trinajstić information content (AvgIpc) is 2.42. The number of hydrogen-bond acceptors (Lipinski definition) is 4. The zero-order valence-corrected chi connectivity index (χ0v) is 11.2. The quantitative estimate of drug-likeness (QED) is 0.495. The highest BCUT2D eigenvalue weighted by Crippen LogP contribution is 2.21. The molecule has 0 aromatic heterocycles. The van der Waals surface area contributed by atoms with Crippen LogP contribution in [0.25, 0.3) is 0 Å². The van der Waals surface area contributed by atoms with Crippen LogP contribution in [-0.4, -0.2) is 31.1 Å². The summed E-state index contributed by atoms with van der Waals surface area (Å²) in [5.74, 6) is 0.486. The van der Waals surface area contributed by atoms with Gasteiger partial charge in [0.1, 0.15) is 0 Å². The van der Waals surface area contributed by atoms with Crippen molar-refractivity contribution in [1.82, 2.24) is 0 Å². The minimum absolute atomic E-state index is 0.00598. The SMILES string of the molecule is C#CCSCCNc1ccc(C(=O)OC)c(F)c1F. The van der Waals surface area contributed by atoms with Gasteiger partial charge in [0.2, 0.25) is 0 Å². The summed E-state index contributed by atoms with van der Waals surface area (Å²) in [4.78, 5) is 11.2. The van der Waals surface area contributed by atoms with E-state index in [2.05, 4.69) is 16.0 Å². The highest BCUT2D eigenvalue weighted by atomic mass is 32.2. The maximum absolute atomic E-state index is 13.6. The van der Waals surface area contributed by atoms with Crippen molar-refractivity contribution in [2.75, 3.05) is 30.5 Å². The molecule has 0 amide bonds. The van der Waals surface area contributed by atoms with E-state index in [1.807, 2.05) is 0 Å². The lowest BCUT2D eigenvalue weighted by atomic mass is 10.2. The monoisotopic (exact) mass is 285 g/mol. The molecule has 19 heavy (non-hydrogen) atoms. The highest BCUT2D eigenvalue weighted by Gasteiger charge is 2.18. The summed E-state index contributed by atoms with van der Waals surface area (Å²) in [7, 11) is 1.11. The molecule has 0 saturated heterocycles. The second-order valence-electron chi connectivity index (χ2n) is 3.46. The summed E-state index contributed by atoms with van der Waals surface area (Å²) in [5.41, 5.74) is -0.418. The molecule has 1 aromatic rings. The van der Waals surface area contributed by atoms with Crippen molar-refractivity contribution in [3.63, 3.8) is 0 Å². The number of anilines is 1. The third-order valence-electron chi connectivity index (χ3n) is 2.23. The molecule has 6 heteroatoms. The van der Waals surface area contributed by atoms with Crippen molar-refractivity contribution in [2.45, 2.75) is 0 Å². The molecule has 0 saturated carbocycles. The Morgan fingerprint density at radius 2 is 2.21 bits per heavy atom. The molecular formula is C13H13F2NO2S. The third-order valence-corrected chi connectivity index (χ3v) is 3.10. The molecule has 0 spiro atoms. The van der Waals surface area contributed by atoms with E-state index in [0.29, 0.717) is 18.1 Å². The molecule has 3 nitrogen and oxygen atoms in total. The number of hydrogen-bond donors (Lipinski definition) is 1. The van der Waals surface area contributed by atoms with Gasteiger partial charge in [0, 0.05) is 12.3 Å². The lowest BCUT2D eigenvalue weighted by molar-refractivity contribution is 0.0594. The summed E-state index contributed by atoms with van der Waals surface area (Å²) in [6.45, 7) is 0.445. The lowest BCUT2D eigenvalue weighted by Crippen LogP contribution is -2.10. The van der Waals surface area contributed by atoms with Crippen LogP contribution in [0.1, 0.15) is 10.4 Å². The molecular weight excluding hydrogens is 272 g/mol. The van der Waals surface area contributed by atoms with Crippen molar-refractivity contribution >= 4 is 23.4 Å². The summed E-state index contributed by atoms with van der Waals surface area (Å²) in [6.07, 6.45) is 5.08. The van der Waals surface area contributed by atoms with E-state index in [4.69, 9.17) is 6.42 Å². The fourth-order valence-electron chi connectivity index (χ4n) is 1.34. The van der Waals surface area contributed by atoms with Gasteiger partial charge in [-0.1, -0.05) is 5.92 Å². The van der Waals surface area contributed by atoms with Gasteiger partial charge in [0.25, 0.3) is 0 Å². The van der Waals surface area contributed by atoms with Crippen LogP contribution in [0.3, 0.4) is 0 Å². The lowest BCUT2D eigenvalue weighted by Gasteiger charge is -2.09. The molecule has 0 radical (unpaired) electrons. The first kappa shape index (κ1) is 15.3. The van der Waals surface area contributed by atoms with Crippen LogP contribution in [0.5, 0.6) is 0 Å². The van der Waals surface area contributed by atoms with E-state index >= 15 is 0 Å². The largest absolute Gasteiger partial charge is 0.465 e. The van der Waals surface area contributed by atoms with Crippen LogP contribution in [0.4, 0.5) is 14.5 Å². The third kappa shape index (κ3) is 4.14. The first-order valence-electron chi connectivity index (χ1n) is 5.43. The molecule has 1 aromatic carbocycles. The number of halogens is 2. The van der Waals surface area contributed by atoms with E-state index < -0.39 is 23.2 Å². The number of carbonyl (C=O) groups is 1. The Balaban J connectivity index is 2.69. The summed E-state index contributed by atoms with van der Waals surface area (Å²) >= 11 is 1.51. The number of ether oxygens (including phenoxy) is 1. The fourth-order valence-corrected chi connectivity index (χ4v) is 1.85. The molecule has 0 aliphatic heterocycles. The van der Waals surface area contributed by atoms with Gasteiger partial charge in [-0.3, -0.25) is 0 Å². The van der Waals surface area contributed by atoms with Crippen LogP contribution in [0, 0.1) is 24.0 Å². The van der Waals surface area contributed by atoms with Crippen molar-refractivity contribution in [3.05, 3.63) is 29.3 Å². The minimum atomic E-state index is -1.21. The molecule has 1 rings (SSSR count). The number of benzene rings is 1. The number of carbonyl (C=O) groups excluding carboxylic acids is 1. The Kier molecular flexibility index (Phi) is 6.16. The van der Waals surface area contributed by atoms with Crippen LogP contribution < -0.4 is 5.32 Å². The van der Waals surface area contributed by atoms with E-state index in [0.717, 1.165) is 7.11 Å². The van der Waals surface area contributed by atoms with Gasteiger partial charge in [-0.2, -0.15) is 0 Å². The number of thioether (sulfide) groups is 1. The van der Waals surface area contributed by atoms with Crippen molar-refractivity contribution in [3.8, 4) is 12.3 Å². The first-order valence-corrected chi connectivity index (χ1v) is 6.58. The van der Waals surface area contributed by atoms with Crippen LogP contribution in [-0.2, 0) is 4.74 Å². The van der Waals surface area contributed by atoms with Crippen molar-refractivity contribution in [1.29, 1.82) is 0 Å². The van der Waals surface area contributed by atoms with E-state index in [9.17, 15) is 13.6 Å². The average molecular weight is 285 g/mol. The maximum Gasteiger partial charge on any atom is 0.340 e. The predicted octanol–water partition coefficient (Wildman–Crippen LogP) is 2.53. The molecule has 0 aliphatic carbocycles. The van der Waals surface area contributed by atoms with Gasteiger partial charge in [-0.05, 0) is 12.1 Å². The zero-order valence-electron chi connectivity index (χ0n) is 10.3. The highest BCUT2D eigenvalue weighted by molar-refractivity contribution is 7.99. The number of rotatable bonds is 6.